The van der Waals surface area contributed by atoms with Crippen molar-refractivity contribution in [3.63, 3.8) is 0 Å². The number of phosphoric ester groups is 1. The average Bonchev–Trinajstić information content (AvgIpc) is 3.92. The molecule has 1 aliphatic rings. The molecular weight excluding hydrogens is 705 g/mol. The summed E-state index contributed by atoms with van der Waals surface area (Å²) in [6.45, 7) is 4.69. The Labute approximate surface area is 329 Å². The molecule has 0 amide bonds. The van der Waals surface area contributed by atoms with Crippen molar-refractivity contribution in [1.82, 2.24) is 0 Å². The lowest BCUT2D eigenvalue weighted by atomic mass is 10.0. The molecule has 5 atom stereocenters. The lowest BCUT2D eigenvalue weighted by Crippen LogP contribution is -2.28. The first kappa shape index (κ1) is 50.7. The Hall–Kier alpha value is -1.36. The molecule has 54 heavy (non-hydrogen) atoms. The van der Waals surface area contributed by atoms with E-state index in [1.54, 1.807) is 6.08 Å². The molecule has 10 nitrogen and oxygen atoms in total. The van der Waals surface area contributed by atoms with Gasteiger partial charge in [0.1, 0.15) is 12.2 Å². The molecule has 0 aromatic heterocycles. The molecule has 0 aliphatic carbocycles. The van der Waals surface area contributed by atoms with Crippen LogP contribution in [0.4, 0.5) is 0 Å². The van der Waals surface area contributed by atoms with Crippen molar-refractivity contribution in [2.45, 2.75) is 199 Å². The van der Waals surface area contributed by atoms with Crippen molar-refractivity contribution in [1.29, 1.82) is 0 Å². The van der Waals surface area contributed by atoms with Gasteiger partial charge in [-0.05, 0) is 44.9 Å². The Balaban J connectivity index is 2.20. The Kier molecular flexibility index (Phi) is 33.8. The number of phosphoric acid groups is 1. The van der Waals surface area contributed by atoms with Crippen LogP contribution in [-0.2, 0) is 32.6 Å². The zero-order valence-electron chi connectivity index (χ0n) is 34.3. The van der Waals surface area contributed by atoms with E-state index in [2.05, 4.69) is 26.0 Å². The highest BCUT2D eigenvalue weighted by Gasteiger charge is 2.35. The molecule has 0 saturated carbocycles. The summed E-state index contributed by atoms with van der Waals surface area (Å²) in [6.07, 6.45) is 39.3. The van der Waals surface area contributed by atoms with Gasteiger partial charge in [-0.3, -0.25) is 13.8 Å². The van der Waals surface area contributed by atoms with Crippen LogP contribution in [0, 0.1) is 0 Å². The van der Waals surface area contributed by atoms with Gasteiger partial charge in [-0.15, -0.1) is 0 Å². The maximum absolute atomic E-state index is 12.6. The summed E-state index contributed by atoms with van der Waals surface area (Å²) < 4.78 is 39.0. The number of esters is 1. The Bertz CT molecular complexity index is 1010. The van der Waals surface area contributed by atoms with E-state index in [1.165, 1.54) is 109 Å². The first-order valence-corrected chi connectivity index (χ1v) is 23.2. The molecule has 1 saturated heterocycles. The van der Waals surface area contributed by atoms with Crippen molar-refractivity contribution in [3.8, 4) is 0 Å². The van der Waals surface area contributed by atoms with Crippen LogP contribution in [0.15, 0.2) is 36.5 Å². The van der Waals surface area contributed by atoms with Gasteiger partial charge in [-0.1, -0.05) is 159 Å². The van der Waals surface area contributed by atoms with Gasteiger partial charge in [-0.25, -0.2) is 4.57 Å². The van der Waals surface area contributed by atoms with E-state index in [1.807, 2.05) is 18.2 Å². The van der Waals surface area contributed by atoms with Gasteiger partial charge < -0.3 is 29.9 Å². The molecule has 0 bridgehead atoms. The van der Waals surface area contributed by atoms with Crippen LogP contribution in [-0.4, -0.2) is 73.4 Å². The second-order valence-corrected chi connectivity index (χ2v) is 16.2. The third kappa shape index (κ3) is 32.8. The highest BCUT2D eigenvalue weighted by molar-refractivity contribution is 7.47. The Morgan fingerprint density at radius 2 is 1.31 bits per heavy atom. The monoisotopic (exact) mass is 786 g/mol. The summed E-state index contributed by atoms with van der Waals surface area (Å²) in [6, 6.07) is 0. The predicted molar refractivity (Wildman–Crippen MR) is 220 cm³/mol. The standard InChI is InChI=1S/C43H80NO9P/c1-3-5-7-9-11-12-13-14-15-16-17-18-19-20-24-28-35-49-37-40(38-51-54(47,48)50-36-34-44)52-43(46)31-27-23-22-25-29-39(45)32-33-42-41(53-42)30-26-21-10-8-6-4-2/h21-22,25-26,32-33,39-42,45H,3-20,23-24,27-31,34-38,44H2,1-2H3,(H,47,48)/b25-22+,26-21+,33-32-. The van der Waals surface area contributed by atoms with Crippen LogP contribution in [0.5, 0.6) is 0 Å². The molecule has 1 rings (SSSR count). The second kappa shape index (κ2) is 36.0. The van der Waals surface area contributed by atoms with Crippen LogP contribution in [0.2, 0.25) is 0 Å². The highest BCUT2D eigenvalue weighted by atomic mass is 31.2. The highest BCUT2D eigenvalue weighted by Crippen LogP contribution is 2.43. The molecule has 1 aliphatic heterocycles. The van der Waals surface area contributed by atoms with Crippen LogP contribution in [0.3, 0.4) is 0 Å². The molecule has 316 valence electrons. The zero-order chi connectivity index (χ0) is 39.4. The molecule has 11 heteroatoms. The summed E-state index contributed by atoms with van der Waals surface area (Å²) >= 11 is 0. The van der Waals surface area contributed by atoms with Gasteiger partial charge in [0.05, 0.1) is 32.0 Å². The maximum Gasteiger partial charge on any atom is 0.472 e. The average molecular weight is 786 g/mol. The molecule has 0 aromatic rings. The summed E-state index contributed by atoms with van der Waals surface area (Å²) in [7, 11) is -4.32. The molecule has 4 N–H and O–H groups in total. The first-order chi connectivity index (χ1) is 26.3. The van der Waals surface area contributed by atoms with E-state index in [0.29, 0.717) is 25.9 Å². The van der Waals surface area contributed by atoms with Gasteiger partial charge in [0.2, 0.25) is 0 Å². The Morgan fingerprint density at radius 3 is 1.94 bits per heavy atom. The fourth-order valence-electron chi connectivity index (χ4n) is 6.12. The maximum atomic E-state index is 12.6. The van der Waals surface area contributed by atoms with E-state index < -0.39 is 26.0 Å². The SMILES string of the molecule is CCCCC/C=C/CC1OC1/C=C\C(O)C/C=C/CCCC(=O)OC(COCCCCCCCCCCCCCCCCCC)COP(=O)(O)OCCN. The third-order valence-corrected chi connectivity index (χ3v) is 10.5. The van der Waals surface area contributed by atoms with Crippen LogP contribution in [0.1, 0.15) is 174 Å². The number of carbonyl (C=O) groups excluding carboxylic acids is 1. The fourth-order valence-corrected chi connectivity index (χ4v) is 6.89. The molecule has 1 fully saturated rings. The molecule has 0 aromatic carbocycles. The van der Waals surface area contributed by atoms with Gasteiger partial charge >= 0.3 is 13.8 Å². The molecule has 0 spiro atoms. The fraction of sp³-hybridized carbons (Fsp3) is 0.837. The zero-order valence-corrected chi connectivity index (χ0v) is 35.2. The van der Waals surface area contributed by atoms with Crippen molar-refractivity contribution in [3.05, 3.63) is 36.5 Å². The van der Waals surface area contributed by atoms with E-state index in [9.17, 15) is 19.4 Å². The summed E-state index contributed by atoms with van der Waals surface area (Å²) in [5, 5.41) is 10.3. The van der Waals surface area contributed by atoms with Crippen LogP contribution in [0.25, 0.3) is 0 Å². The number of hydrogen-bond acceptors (Lipinski definition) is 9. The normalized spacial score (nSPS) is 18.2. The number of rotatable bonds is 40. The number of hydrogen-bond donors (Lipinski definition) is 3. The summed E-state index contributed by atoms with van der Waals surface area (Å²) in [5.74, 6) is -0.434. The smallest absolute Gasteiger partial charge is 0.457 e. The number of nitrogens with two attached hydrogens (primary N) is 1. The second-order valence-electron chi connectivity index (χ2n) is 14.8. The minimum Gasteiger partial charge on any atom is -0.457 e. The largest absolute Gasteiger partial charge is 0.472 e. The quantitative estimate of drug-likeness (QED) is 0.0180. The summed E-state index contributed by atoms with van der Waals surface area (Å²) in [4.78, 5) is 22.5. The number of ether oxygens (including phenoxy) is 3. The van der Waals surface area contributed by atoms with Crippen molar-refractivity contribution < 1.29 is 42.6 Å². The first-order valence-electron chi connectivity index (χ1n) is 21.7. The predicted octanol–water partition coefficient (Wildman–Crippen LogP) is 10.6. The topological polar surface area (TPSA) is 150 Å². The lowest BCUT2D eigenvalue weighted by molar-refractivity contribution is -0.154. The molecule has 1 heterocycles. The van der Waals surface area contributed by atoms with Gasteiger partial charge in [-0.2, -0.15) is 0 Å². The minimum atomic E-state index is -4.32. The third-order valence-electron chi connectivity index (χ3n) is 9.49. The van der Waals surface area contributed by atoms with Crippen molar-refractivity contribution in [2.75, 3.05) is 33.0 Å². The van der Waals surface area contributed by atoms with Crippen molar-refractivity contribution in [2.24, 2.45) is 5.73 Å². The molecule has 5 unspecified atom stereocenters. The number of aliphatic hydroxyl groups is 1. The number of allylic oxidation sites excluding steroid dienone is 2. The van der Waals surface area contributed by atoms with E-state index in [0.717, 1.165) is 25.7 Å². The molecular formula is C43H80NO9P. The number of carbonyl (C=O) groups is 1. The number of aliphatic hydroxyl groups excluding tert-OH is 1. The van der Waals surface area contributed by atoms with Crippen LogP contribution >= 0.6 is 7.82 Å². The lowest BCUT2D eigenvalue weighted by Gasteiger charge is -2.20. The number of epoxide rings is 1. The Morgan fingerprint density at radius 1 is 0.741 bits per heavy atom. The summed E-state index contributed by atoms with van der Waals surface area (Å²) in [5.41, 5.74) is 5.36. The van der Waals surface area contributed by atoms with Gasteiger partial charge in [0.15, 0.2) is 0 Å². The van der Waals surface area contributed by atoms with E-state index in [-0.39, 0.29) is 45.0 Å². The molecule has 0 radical (unpaired) electrons. The van der Waals surface area contributed by atoms with Crippen LogP contribution < -0.4 is 5.73 Å². The van der Waals surface area contributed by atoms with Crippen molar-refractivity contribution >= 4 is 13.8 Å². The van der Waals surface area contributed by atoms with E-state index in [4.69, 9.17) is 29.0 Å². The van der Waals surface area contributed by atoms with Gasteiger partial charge in [0.25, 0.3) is 0 Å². The number of unbranched alkanes of at least 4 members (excludes halogenated alkanes) is 19. The minimum absolute atomic E-state index is 0.0646. The van der Waals surface area contributed by atoms with E-state index >= 15 is 0 Å². The van der Waals surface area contributed by atoms with Gasteiger partial charge in [0, 0.05) is 19.6 Å².